The molecule has 0 aliphatic heterocycles. The summed E-state index contributed by atoms with van der Waals surface area (Å²) in [5.41, 5.74) is 1.89. The van der Waals surface area contributed by atoms with Gasteiger partial charge in [-0.25, -0.2) is 4.79 Å². The number of hydrogen-bond donors (Lipinski definition) is 1. The second-order valence-electron chi connectivity index (χ2n) is 3.92. The van der Waals surface area contributed by atoms with Gasteiger partial charge in [0.1, 0.15) is 13.2 Å². The maximum atomic E-state index is 11.4. The molecule has 0 aromatic heterocycles. The van der Waals surface area contributed by atoms with Crippen molar-refractivity contribution in [2.75, 3.05) is 34.0 Å². The Balaban J connectivity index is 6.23. The number of hydrogen-bond acceptors (Lipinski definition) is 12. The molecule has 2 unspecified atom stereocenters. The van der Waals surface area contributed by atoms with E-state index in [1.807, 2.05) is 11.5 Å². The number of alkyl halides is 1. The summed E-state index contributed by atoms with van der Waals surface area (Å²) < 4.78 is 19.6. The Morgan fingerprint density at radius 1 is 1.35 bits per heavy atom. The molecule has 0 amide bonds. The van der Waals surface area contributed by atoms with Gasteiger partial charge in [-0.1, -0.05) is 5.92 Å². The fraction of sp³-hybridized carbons (Fsp3) is 0.583. The molecule has 0 aliphatic rings. The van der Waals surface area contributed by atoms with Crippen molar-refractivity contribution in [1.29, 1.82) is 10.5 Å². The number of methoxy groups -OCH3 is 1. The number of nitriles is 2. The van der Waals surface area contributed by atoms with Crippen LogP contribution in [-0.2, 0) is 28.6 Å². The monoisotopic (exact) mass is 391 g/mol. The molecule has 0 aromatic rings. The van der Waals surface area contributed by atoms with Gasteiger partial charge in [0.15, 0.2) is 12.7 Å². The Labute approximate surface area is 152 Å². The van der Waals surface area contributed by atoms with Crippen LogP contribution in [0.5, 0.6) is 0 Å². The van der Waals surface area contributed by atoms with E-state index in [1.165, 1.54) is 6.07 Å². The van der Waals surface area contributed by atoms with Crippen molar-refractivity contribution < 1.29 is 33.5 Å². The molecule has 13 nitrogen and oxygen atoms in total. The van der Waals surface area contributed by atoms with Crippen molar-refractivity contribution in [2.24, 2.45) is 0 Å². The summed E-state index contributed by atoms with van der Waals surface area (Å²) in [6.45, 7) is -2.25. The summed E-state index contributed by atoms with van der Waals surface area (Å²) in [7, 11) is 2.05. The summed E-state index contributed by atoms with van der Waals surface area (Å²) in [5, 5.41) is 26.2. The minimum atomic E-state index is -3.13. The molecule has 0 aliphatic carbocycles. The highest BCUT2D eigenvalue weighted by Gasteiger charge is 2.62. The first-order chi connectivity index (χ1) is 12.3. The molecule has 0 fully saturated rings. The van der Waals surface area contributed by atoms with E-state index < -0.39 is 41.9 Å². The van der Waals surface area contributed by atoms with Gasteiger partial charge in [-0.05, 0) is 16.6 Å². The molecular formula is C12H14ClN5O8. The lowest BCUT2D eigenvalue weighted by Gasteiger charge is -2.40. The molecule has 0 radical (unpaired) electrons. The highest BCUT2D eigenvalue weighted by molar-refractivity contribution is 6.24. The molecular weight excluding hydrogens is 378 g/mol. The van der Waals surface area contributed by atoms with Crippen molar-refractivity contribution >= 4 is 17.6 Å². The fourth-order valence-corrected chi connectivity index (χ4v) is 1.48. The fourth-order valence-electron chi connectivity index (χ4n) is 1.35. The van der Waals surface area contributed by atoms with Crippen LogP contribution in [0, 0.1) is 45.1 Å². The van der Waals surface area contributed by atoms with Gasteiger partial charge in [-0.15, -0.1) is 12.0 Å². The number of terminal acetylenes is 1. The topological polar surface area (TPSA) is 169 Å². The van der Waals surface area contributed by atoms with Crippen LogP contribution in [0.3, 0.4) is 0 Å². The normalized spacial score (nSPS) is 15.0. The molecule has 0 rings (SSSR count). The lowest BCUT2D eigenvalue weighted by molar-refractivity contribution is -0.606. The Morgan fingerprint density at radius 2 is 1.96 bits per heavy atom. The Kier molecular flexibility index (Phi) is 10.1. The van der Waals surface area contributed by atoms with Gasteiger partial charge in [0.05, 0.1) is 25.2 Å². The van der Waals surface area contributed by atoms with E-state index in [9.17, 15) is 14.9 Å². The van der Waals surface area contributed by atoms with Crippen LogP contribution in [-0.4, -0.2) is 61.2 Å². The second kappa shape index (κ2) is 11.1. The molecule has 0 spiro atoms. The highest BCUT2D eigenvalue weighted by Crippen LogP contribution is 2.31. The van der Waals surface area contributed by atoms with Gasteiger partial charge in [-0.3, -0.25) is 24.4 Å². The molecule has 142 valence electrons. The number of halogens is 1. The van der Waals surface area contributed by atoms with Crippen LogP contribution in [0.1, 0.15) is 0 Å². The summed E-state index contributed by atoms with van der Waals surface area (Å²) in [6.07, 6.45) is 2.28. The van der Waals surface area contributed by atoms with Crippen LogP contribution in [0.2, 0.25) is 0 Å². The van der Waals surface area contributed by atoms with Gasteiger partial charge < -0.3 is 9.47 Å². The number of carbonyl (C=O) groups excluding carboxylic acids is 1. The number of esters is 1. The standard InChI is InChI=1S/C12H14ClN5O8/c1-4-6-24-12(25-7-5-14,26-8-10(19)22-2)17(16-23-3)11(13,9-15)18(20)21/h1,16H,6-8H2,2-3H3. The zero-order valence-electron chi connectivity index (χ0n) is 13.6. The third-order valence-corrected chi connectivity index (χ3v) is 2.79. The highest BCUT2D eigenvalue weighted by atomic mass is 35.5. The van der Waals surface area contributed by atoms with Gasteiger partial charge in [0.2, 0.25) is 0 Å². The lowest BCUT2D eigenvalue weighted by Crippen LogP contribution is -2.69. The molecule has 14 heteroatoms. The summed E-state index contributed by atoms with van der Waals surface area (Å²) in [4.78, 5) is 26.0. The van der Waals surface area contributed by atoms with Crippen molar-refractivity contribution in [2.45, 2.75) is 11.2 Å². The summed E-state index contributed by atoms with van der Waals surface area (Å²) in [6, 6.07) is 2.74. The van der Waals surface area contributed by atoms with Crippen LogP contribution in [0.4, 0.5) is 0 Å². The molecule has 0 saturated carbocycles. The third kappa shape index (κ3) is 5.77. The predicted molar refractivity (Wildman–Crippen MR) is 80.2 cm³/mol. The average Bonchev–Trinajstić information content (AvgIpc) is 2.65. The Hall–Kier alpha value is -2.54. The number of ether oxygens (including phenoxy) is 4. The van der Waals surface area contributed by atoms with Gasteiger partial charge in [-0.2, -0.15) is 10.5 Å². The first kappa shape index (κ1) is 23.5. The second-order valence-corrected chi connectivity index (χ2v) is 4.44. The number of hydrazine groups is 1. The van der Waals surface area contributed by atoms with E-state index >= 15 is 0 Å². The van der Waals surface area contributed by atoms with Crippen molar-refractivity contribution in [3.05, 3.63) is 10.1 Å². The largest absolute Gasteiger partial charge is 0.467 e. The maximum Gasteiger partial charge on any atom is 0.462 e. The van der Waals surface area contributed by atoms with E-state index in [4.69, 9.17) is 42.8 Å². The average molecular weight is 392 g/mol. The van der Waals surface area contributed by atoms with E-state index in [0.29, 0.717) is 0 Å². The zero-order chi connectivity index (χ0) is 20.2. The van der Waals surface area contributed by atoms with Crippen LogP contribution in [0.15, 0.2) is 0 Å². The van der Waals surface area contributed by atoms with Gasteiger partial charge in [0, 0.05) is 0 Å². The Bertz CT molecular complexity index is 609. The van der Waals surface area contributed by atoms with Crippen LogP contribution >= 0.6 is 11.6 Å². The van der Waals surface area contributed by atoms with Crippen molar-refractivity contribution in [3.8, 4) is 24.5 Å². The number of nitrogens with one attached hydrogen (secondary N) is 1. The smallest absolute Gasteiger partial charge is 0.462 e. The first-order valence-electron chi connectivity index (χ1n) is 6.40. The van der Waals surface area contributed by atoms with Crippen molar-refractivity contribution in [3.63, 3.8) is 0 Å². The summed E-state index contributed by atoms with van der Waals surface area (Å²) >= 11 is 5.73. The lowest BCUT2D eigenvalue weighted by atomic mass is 10.5. The molecule has 0 saturated heterocycles. The Morgan fingerprint density at radius 3 is 2.38 bits per heavy atom. The van der Waals surface area contributed by atoms with E-state index in [1.54, 1.807) is 6.07 Å². The quantitative estimate of drug-likeness (QED) is 0.0822. The number of rotatable bonds is 12. The van der Waals surface area contributed by atoms with E-state index in [2.05, 4.69) is 9.57 Å². The minimum absolute atomic E-state index is 0.138. The maximum absolute atomic E-state index is 11.4. The number of nitro groups is 1. The van der Waals surface area contributed by atoms with Gasteiger partial charge >= 0.3 is 17.2 Å². The number of nitrogens with zero attached hydrogens (tertiary/aromatic N) is 4. The van der Waals surface area contributed by atoms with Crippen molar-refractivity contribution in [1.82, 2.24) is 10.6 Å². The SMILES string of the molecule is C#CCOC(OCC#N)(OCC(=O)OC)N(NOC)C(Cl)(C#N)[N+](=O)[O-]. The minimum Gasteiger partial charge on any atom is -0.467 e. The molecule has 0 bridgehead atoms. The first-order valence-corrected chi connectivity index (χ1v) is 6.78. The molecule has 26 heavy (non-hydrogen) atoms. The predicted octanol–water partition coefficient (Wildman–Crippen LogP) is -0.962. The van der Waals surface area contributed by atoms with Crippen LogP contribution < -0.4 is 5.59 Å². The van der Waals surface area contributed by atoms with E-state index in [-0.39, 0.29) is 5.01 Å². The number of carbonyl (C=O) groups is 1. The molecule has 2 atom stereocenters. The zero-order valence-corrected chi connectivity index (χ0v) is 14.4. The van der Waals surface area contributed by atoms with Crippen LogP contribution in [0.25, 0.3) is 0 Å². The molecule has 0 heterocycles. The molecule has 0 aromatic carbocycles. The van der Waals surface area contributed by atoms with E-state index in [0.717, 1.165) is 14.2 Å². The summed E-state index contributed by atoms with van der Waals surface area (Å²) in [5.74, 6) is 1.08. The van der Waals surface area contributed by atoms with Gasteiger partial charge in [0.25, 0.3) is 0 Å². The third-order valence-electron chi connectivity index (χ3n) is 2.39. The molecule has 1 N–H and O–H groups in total.